The Balaban J connectivity index is 1.40. The second kappa shape index (κ2) is 10.2. The number of furan rings is 1. The number of aliphatic hydroxyl groups is 2. The van der Waals surface area contributed by atoms with Crippen molar-refractivity contribution < 1.29 is 34.1 Å². The average molecular weight is 562 g/mol. The molecule has 10 nitrogen and oxygen atoms in total. The molecule has 4 atom stereocenters. The summed E-state index contributed by atoms with van der Waals surface area (Å²) in [5.41, 5.74) is 6.34. The first kappa shape index (κ1) is 27.3. The Bertz CT molecular complexity index is 1510. The Hall–Kier alpha value is -3.89. The van der Waals surface area contributed by atoms with Crippen LogP contribution in [0, 0.1) is 17.8 Å². The number of carbonyl (C=O) groups is 3. The van der Waals surface area contributed by atoms with Crippen molar-refractivity contribution in [2.45, 2.75) is 44.7 Å². The summed E-state index contributed by atoms with van der Waals surface area (Å²) in [6.45, 7) is 2.77. The maximum Gasteiger partial charge on any atom is 0.255 e. The van der Waals surface area contributed by atoms with Crippen molar-refractivity contribution >= 4 is 17.5 Å². The normalized spacial score (nSPS) is 26.7. The van der Waals surface area contributed by atoms with Crippen LogP contribution in [0.2, 0.25) is 0 Å². The van der Waals surface area contributed by atoms with Gasteiger partial charge in [0.05, 0.1) is 24.1 Å². The summed E-state index contributed by atoms with van der Waals surface area (Å²) in [6, 6.07) is 6.25. The number of phenols is 1. The summed E-state index contributed by atoms with van der Waals surface area (Å²) in [5.74, 6) is -4.34. The van der Waals surface area contributed by atoms with Crippen LogP contribution < -0.4 is 5.73 Å². The van der Waals surface area contributed by atoms with Crippen molar-refractivity contribution in [2.75, 3.05) is 27.2 Å². The lowest BCUT2D eigenvalue weighted by molar-refractivity contribution is -0.127. The number of likely N-dealkylation sites (tertiary alicyclic amines) is 1. The number of piperidine rings is 1. The topological polar surface area (TPSA) is 158 Å². The zero-order valence-electron chi connectivity index (χ0n) is 23.2. The minimum atomic E-state index is -1.20. The molecule has 2 heterocycles. The molecule has 5 N–H and O–H groups in total. The maximum atomic E-state index is 13.9. The smallest absolute Gasteiger partial charge is 0.255 e. The first-order valence-electron chi connectivity index (χ1n) is 14.2. The third kappa shape index (κ3) is 4.36. The van der Waals surface area contributed by atoms with Crippen molar-refractivity contribution in [3.05, 3.63) is 63.8 Å². The SMILES string of the molecule is CN(C)[C@@H]1C(O)=C(C(N)=O)C(=O)C2C(O)=C3C(=O)c4c(O)ccc(-c5ccc(CN6CCCCC6)o5)c4C[C@H]3C[C@H]21. The fraction of sp³-hybridized carbons (Fsp3) is 0.452. The van der Waals surface area contributed by atoms with Gasteiger partial charge in [-0.25, -0.2) is 0 Å². The molecule has 1 unspecified atom stereocenters. The molecule has 3 aliphatic carbocycles. The van der Waals surface area contributed by atoms with Gasteiger partial charge >= 0.3 is 0 Å². The van der Waals surface area contributed by atoms with E-state index in [2.05, 4.69) is 4.90 Å². The van der Waals surface area contributed by atoms with Gasteiger partial charge in [-0.1, -0.05) is 6.42 Å². The molecule has 0 bridgehead atoms. The molecule has 0 saturated carbocycles. The van der Waals surface area contributed by atoms with Crippen molar-refractivity contribution in [3.63, 3.8) is 0 Å². The molecule has 1 aromatic carbocycles. The number of hydrogen-bond acceptors (Lipinski definition) is 9. The number of carbonyl (C=O) groups excluding carboxylic acids is 3. The van der Waals surface area contributed by atoms with Crippen LogP contribution in [0.1, 0.15) is 47.4 Å². The summed E-state index contributed by atoms with van der Waals surface area (Å²) >= 11 is 0. The van der Waals surface area contributed by atoms with Gasteiger partial charge in [0, 0.05) is 11.1 Å². The van der Waals surface area contributed by atoms with Crippen molar-refractivity contribution in [1.29, 1.82) is 0 Å². The highest BCUT2D eigenvalue weighted by Gasteiger charge is 2.54. The number of rotatable bonds is 5. The van der Waals surface area contributed by atoms with Crippen LogP contribution >= 0.6 is 0 Å². The zero-order chi connectivity index (χ0) is 29.2. The van der Waals surface area contributed by atoms with Crippen LogP contribution in [0.25, 0.3) is 11.3 Å². The Labute approximate surface area is 237 Å². The van der Waals surface area contributed by atoms with Gasteiger partial charge in [0.2, 0.25) is 0 Å². The highest BCUT2D eigenvalue weighted by molar-refractivity contribution is 6.22. The van der Waals surface area contributed by atoms with Crippen LogP contribution in [0.3, 0.4) is 0 Å². The van der Waals surface area contributed by atoms with E-state index in [-0.39, 0.29) is 16.9 Å². The van der Waals surface area contributed by atoms with Gasteiger partial charge < -0.3 is 25.5 Å². The minimum Gasteiger partial charge on any atom is -0.511 e. The molecule has 1 amide bonds. The Morgan fingerprint density at radius 1 is 1.05 bits per heavy atom. The summed E-state index contributed by atoms with van der Waals surface area (Å²) in [6.07, 6.45) is 4.20. The molecule has 216 valence electrons. The van der Waals surface area contributed by atoms with Crippen LogP contribution in [0.4, 0.5) is 0 Å². The number of aromatic hydroxyl groups is 1. The van der Waals surface area contributed by atoms with Crippen molar-refractivity contribution in [2.24, 2.45) is 23.5 Å². The van der Waals surface area contributed by atoms with Gasteiger partial charge in [-0.3, -0.25) is 24.2 Å². The lowest BCUT2D eigenvalue weighted by atomic mass is 9.60. The number of phenolic OH excluding ortho intramolecular Hbond substituents is 1. The second-order valence-corrected chi connectivity index (χ2v) is 11.9. The number of benzene rings is 1. The molecule has 0 radical (unpaired) electrons. The van der Waals surface area contributed by atoms with E-state index in [1.807, 2.05) is 12.1 Å². The number of amides is 1. The molecule has 1 saturated heterocycles. The Kier molecular flexibility index (Phi) is 6.78. The molecule has 1 aromatic heterocycles. The fourth-order valence-electron chi connectivity index (χ4n) is 7.44. The quantitative estimate of drug-likeness (QED) is 0.402. The van der Waals surface area contributed by atoms with Crippen LogP contribution in [0.15, 0.2) is 51.3 Å². The van der Waals surface area contributed by atoms with Gasteiger partial charge in [0.15, 0.2) is 11.6 Å². The van der Waals surface area contributed by atoms with Gasteiger partial charge in [0.1, 0.15) is 34.4 Å². The second-order valence-electron chi connectivity index (χ2n) is 11.9. The average Bonchev–Trinajstić information content (AvgIpc) is 3.36. The summed E-state index contributed by atoms with van der Waals surface area (Å²) in [7, 11) is 3.41. The molecular formula is C31H35N3O7. The van der Waals surface area contributed by atoms with Crippen molar-refractivity contribution in [3.8, 4) is 17.1 Å². The highest BCUT2D eigenvalue weighted by Crippen LogP contribution is 2.51. The van der Waals surface area contributed by atoms with Gasteiger partial charge in [-0.05, 0) is 94.5 Å². The van der Waals surface area contributed by atoms with Gasteiger partial charge in [-0.15, -0.1) is 0 Å². The fourth-order valence-corrected chi connectivity index (χ4v) is 7.44. The predicted octanol–water partition coefficient (Wildman–Crippen LogP) is 3.25. The molecule has 4 aliphatic rings. The molecule has 41 heavy (non-hydrogen) atoms. The monoisotopic (exact) mass is 561 g/mol. The number of nitrogens with two attached hydrogens (primary N) is 1. The van der Waals surface area contributed by atoms with Crippen LogP contribution in [0.5, 0.6) is 5.75 Å². The zero-order valence-corrected chi connectivity index (χ0v) is 23.2. The van der Waals surface area contributed by atoms with E-state index in [0.717, 1.165) is 18.8 Å². The number of likely N-dealkylation sites (N-methyl/N-ethyl adjacent to an activating group) is 1. The van der Waals surface area contributed by atoms with Crippen LogP contribution in [-0.4, -0.2) is 75.8 Å². The standard InChI is InChI=1S/C31H35N3O7/c1-33(2)26-19-13-15-12-18-17(21-9-6-16(41-21)14-34-10-4-3-5-11-34)7-8-20(35)23(18)27(36)22(15)28(37)24(19)29(38)25(30(26)39)31(32)40/h6-9,15,19,24,26,35,37,39H,3-5,10-14H2,1-2H3,(H2,32,40)/t15-,19+,24?,26-/m0/s1. The molecule has 1 aliphatic heterocycles. The van der Waals surface area contributed by atoms with Gasteiger partial charge in [-0.2, -0.15) is 0 Å². The molecule has 1 fully saturated rings. The first-order valence-corrected chi connectivity index (χ1v) is 14.2. The molecule has 2 aromatic rings. The third-order valence-corrected chi connectivity index (χ3v) is 9.21. The summed E-state index contributed by atoms with van der Waals surface area (Å²) < 4.78 is 6.24. The highest BCUT2D eigenvalue weighted by atomic mass is 16.3. The van der Waals surface area contributed by atoms with E-state index in [1.54, 1.807) is 25.1 Å². The number of primary amides is 1. The van der Waals surface area contributed by atoms with E-state index in [4.69, 9.17) is 10.2 Å². The van der Waals surface area contributed by atoms with E-state index in [9.17, 15) is 29.7 Å². The lowest BCUT2D eigenvalue weighted by Gasteiger charge is -2.46. The number of allylic oxidation sites excluding steroid dienone is 2. The largest absolute Gasteiger partial charge is 0.511 e. The summed E-state index contributed by atoms with van der Waals surface area (Å²) in [4.78, 5) is 43.4. The minimum absolute atomic E-state index is 0.0625. The maximum absolute atomic E-state index is 13.9. The van der Waals surface area contributed by atoms with E-state index in [0.29, 0.717) is 36.3 Å². The van der Waals surface area contributed by atoms with Crippen molar-refractivity contribution in [1.82, 2.24) is 9.80 Å². The van der Waals surface area contributed by atoms with E-state index in [1.165, 1.54) is 25.3 Å². The number of hydrogen-bond donors (Lipinski definition) is 4. The van der Waals surface area contributed by atoms with E-state index >= 15 is 0 Å². The number of nitrogens with zero attached hydrogens (tertiary/aromatic N) is 2. The third-order valence-electron chi connectivity index (χ3n) is 9.21. The predicted molar refractivity (Wildman–Crippen MR) is 149 cm³/mol. The Morgan fingerprint density at radius 3 is 2.46 bits per heavy atom. The van der Waals surface area contributed by atoms with E-state index < -0.39 is 58.4 Å². The molecule has 6 rings (SSSR count). The first-order chi connectivity index (χ1) is 19.6. The van der Waals surface area contributed by atoms with Gasteiger partial charge in [0.25, 0.3) is 5.91 Å². The Morgan fingerprint density at radius 2 is 1.78 bits per heavy atom. The van der Waals surface area contributed by atoms with Crippen LogP contribution in [-0.2, 0) is 22.6 Å². The molecule has 10 heteroatoms. The number of ketones is 2. The number of fused-ring (bicyclic) bond motifs is 3. The lowest BCUT2D eigenvalue weighted by Crippen LogP contribution is -2.53. The molecule has 0 spiro atoms. The molecular weight excluding hydrogens is 526 g/mol. The number of aliphatic hydroxyl groups excluding tert-OH is 2. The number of Topliss-reactive ketones (excluding diaryl/α,β-unsaturated/α-hetero) is 2. The summed E-state index contributed by atoms with van der Waals surface area (Å²) in [5, 5.41) is 33.2.